The number of sulfonamides is 1. The van der Waals surface area contributed by atoms with Crippen molar-refractivity contribution >= 4 is 27.3 Å². The van der Waals surface area contributed by atoms with Crippen LogP contribution in [0.5, 0.6) is 0 Å². The molecule has 1 atom stereocenters. The second-order valence-corrected chi connectivity index (χ2v) is 9.00. The molecule has 2 aliphatic rings. The maximum absolute atomic E-state index is 13.6. The Labute approximate surface area is 222 Å². The predicted octanol–water partition coefficient (Wildman–Crippen LogP) is 3.39. The Morgan fingerprint density at radius 3 is 2.75 bits per heavy atom. The molecule has 7 nitrogen and oxygen atoms in total. The van der Waals surface area contributed by atoms with E-state index < -0.39 is 109 Å². The second-order valence-electron chi connectivity index (χ2n) is 7.11. The van der Waals surface area contributed by atoms with Gasteiger partial charge in [-0.05, 0) is 56.1 Å². The van der Waals surface area contributed by atoms with Crippen molar-refractivity contribution in [1.29, 1.82) is 0 Å². The van der Waals surface area contributed by atoms with E-state index in [-0.39, 0.29) is 49.0 Å². The molecule has 1 amide bonds. The van der Waals surface area contributed by atoms with Crippen LogP contribution in [0.4, 0.5) is 11.4 Å². The van der Waals surface area contributed by atoms with Gasteiger partial charge in [0.2, 0.25) is 15.9 Å². The van der Waals surface area contributed by atoms with E-state index in [1.807, 2.05) is 0 Å². The number of nitrogens with one attached hydrogen (secondary N) is 1. The zero-order valence-electron chi connectivity index (χ0n) is 37.7. The van der Waals surface area contributed by atoms with Gasteiger partial charge < -0.3 is 10.2 Å². The molecule has 180 valence electrons. The fourth-order valence-corrected chi connectivity index (χ4v) is 4.15. The summed E-state index contributed by atoms with van der Waals surface area (Å²) < 4.78 is 190. The average Bonchev–Trinajstić information content (AvgIpc) is 3.00. The lowest BCUT2D eigenvalue weighted by Gasteiger charge is -2.36. The molecule has 3 rings (SSSR count). The Balaban J connectivity index is 1.79. The molecular formula is C24H40N4O3S. The van der Waals surface area contributed by atoms with E-state index in [9.17, 15) is 13.2 Å². The summed E-state index contributed by atoms with van der Waals surface area (Å²) in [5.74, 6) is -6.78. The molecule has 0 bridgehead atoms. The third-order valence-electron chi connectivity index (χ3n) is 4.67. The molecule has 1 N–H and O–H groups in total. The van der Waals surface area contributed by atoms with E-state index >= 15 is 0 Å². The first-order valence-electron chi connectivity index (χ1n) is 20.0. The van der Waals surface area contributed by atoms with Crippen LogP contribution in [0.2, 0.25) is 1.41 Å². The number of amides is 1. The lowest BCUT2D eigenvalue weighted by atomic mass is 9.91. The van der Waals surface area contributed by atoms with Crippen LogP contribution in [0, 0.1) is 5.89 Å². The quantitative estimate of drug-likeness (QED) is 0.551. The minimum absolute atomic E-state index is 0.0890. The number of piperazine rings is 1. The highest BCUT2D eigenvalue weighted by molar-refractivity contribution is 7.89. The van der Waals surface area contributed by atoms with Crippen molar-refractivity contribution in [3.05, 3.63) is 24.2 Å². The summed E-state index contributed by atoms with van der Waals surface area (Å²) in [7, 11) is -5.44. The highest BCUT2D eigenvalue weighted by Crippen LogP contribution is 2.25. The molecule has 8 heteroatoms. The van der Waals surface area contributed by atoms with E-state index in [4.69, 9.17) is 27.5 Å². The van der Waals surface area contributed by atoms with Crippen molar-refractivity contribution < 1.29 is 40.7 Å². The fourth-order valence-electron chi connectivity index (χ4n) is 3.08. The molecule has 0 aromatic heterocycles. The van der Waals surface area contributed by atoms with Gasteiger partial charge in [0.1, 0.15) is 0 Å². The van der Waals surface area contributed by atoms with Gasteiger partial charge >= 0.3 is 0 Å². The first kappa shape index (κ1) is 9.55. The number of carbonyl (C=O) groups is 1. The highest BCUT2D eigenvalue weighted by atomic mass is 32.2. The van der Waals surface area contributed by atoms with Crippen LogP contribution in [0.15, 0.2) is 24.2 Å². The van der Waals surface area contributed by atoms with E-state index in [2.05, 4.69) is 0 Å². The minimum atomic E-state index is -5.44. The third-order valence-corrected chi connectivity index (χ3v) is 6.17. The van der Waals surface area contributed by atoms with Crippen molar-refractivity contribution in [1.82, 2.24) is 9.21 Å². The molecule has 1 heterocycles. The summed E-state index contributed by atoms with van der Waals surface area (Å²) in [4.78, 5) is 14.9. The lowest BCUT2D eigenvalue weighted by Crippen LogP contribution is -2.46. The van der Waals surface area contributed by atoms with Gasteiger partial charge in [0.15, 0.2) is 1.41 Å². The minimum Gasteiger partial charge on any atom is -0.369 e. The Kier molecular flexibility index (Phi) is 3.58. The van der Waals surface area contributed by atoms with Crippen LogP contribution >= 0.6 is 0 Å². The number of hydrogen-bond acceptors (Lipinski definition) is 5. The highest BCUT2D eigenvalue weighted by Gasteiger charge is 2.24. The van der Waals surface area contributed by atoms with E-state index in [1.54, 1.807) is 4.90 Å². The Hall–Kier alpha value is -1.64. The topological polar surface area (TPSA) is 73.0 Å². The first-order valence-corrected chi connectivity index (χ1v) is 11.6. The van der Waals surface area contributed by atoms with Gasteiger partial charge in [-0.1, -0.05) is 25.2 Å². The van der Waals surface area contributed by atoms with E-state index in [1.165, 1.54) is 4.90 Å². The normalized spacial score (nSPS) is 38.1. The average molecular weight is 485 g/mol. The second kappa shape index (κ2) is 12.0. The molecule has 1 saturated carbocycles. The van der Waals surface area contributed by atoms with E-state index in [0.29, 0.717) is 5.31 Å². The maximum atomic E-state index is 13.6. The molecule has 32 heavy (non-hydrogen) atoms. The third kappa shape index (κ3) is 7.74. The molecule has 1 saturated heterocycles. The van der Waals surface area contributed by atoms with Gasteiger partial charge in [-0.2, -0.15) is 0 Å². The van der Waals surface area contributed by atoms with Gasteiger partial charge in [0, 0.05) is 78.6 Å². The molecular weight excluding hydrogens is 424 g/mol. The van der Waals surface area contributed by atoms with E-state index in [0.717, 1.165) is 6.92 Å². The number of hydrogen-bond donors (Lipinski definition) is 1. The summed E-state index contributed by atoms with van der Waals surface area (Å²) in [5, 5.41) is 0.297. The molecule has 1 aliphatic heterocycles. The predicted molar refractivity (Wildman–Crippen MR) is 132 cm³/mol. The summed E-state index contributed by atoms with van der Waals surface area (Å²) >= 11 is 0. The van der Waals surface area contributed by atoms with Crippen molar-refractivity contribution in [3.8, 4) is 0 Å². The van der Waals surface area contributed by atoms with Gasteiger partial charge in [-0.25, -0.2) is 12.7 Å². The van der Waals surface area contributed by atoms with Crippen LogP contribution in [-0.4, -0.2) is 75.5 Å². The standard InChI is InChI=1S/C24H40N4O3S/c1-21(29)25-23-11-8-12-24(19-23)28-17-15-27(16-18-28)14-7-6-13-26(2)32(30,31)20-22-9-4-3-5-10-22/h8,11-12,19,22H,3-7,9-10,13-18,20H2,1-2H3,(H,25,29)/i2D3,3D2,4D2,5D2,8D,9D2,10D2,11D,12D,14D,19D,22D/hD. The molecule has 0 radical (unpaired) electrons. The van der Waals surface area contributed by atoms with Gasteiger partial charge in [0.05, 0.1) is 11.2 Å². The zero-order valence-corrected chi connectivity index (χ0v) is 18.5. The van der Waals surface area contributed by atoms with Crippen molar-refractivity contribution in [2.45, 2.75) is 51.6 Å². The number of nitrogens with zero attached hydrogens (tertiary/aromatic N) is 3. The van der Waals surface area contributed by atoms with Gasteiger partial charge in [0.25, 0.3) is 0 Å². The summed E-state index contributed by atoms with van der Waals surface area (Å²) in [6.45, 7) is -3.95. The molecule has 1 aliphatic carbocycles. The van der Waals surface area contributed by atoms with Crippen LogP contribution in [0.3, 0.4) is 0 Å². The number of rotatable bonds is 10. The van der Waals surface area contributed by atoms with Gasteiger partial charge in [-0.3, -0.25) is 9.69 Å². The number of carbonyl (C=O) groups excluding carboxylic acids is 1. The molecule has 1 unspecified atom stereocenters. The summed E-state index contributed by atoms with van der Waals surface area (Å²) in [5.41, 5.74) is -0.561. The molecule has 0 spiro atoms. The van der Waals surface area contributed by atoms with Crippen LogP contribution in [0.25, 0.3) is 0 Å². The Morgan fingerprint density at radius 2 is 2.06 bits per heavy atom. The Morgan fingerprint density at radius 1 is 1.31 bits per heavy atom. The van der Waals surface area contributed by atoms with Crippen molar-refractivity contribution in [2.75, 3.05) is 62.2 Å². The number of benzene rings is 1. The first-order chi connectivity index (χ1) is 23.2. The van der Waals surface area contributed by atoms with Crippen LogP contribution < -0.4 is 10.2 Å². The number of anilines is 2. The summed E-state index contributed by atoms with van der Waals surface area (Å²) in [6, 6.07) is -2.18. The summed E-state index contributed by atoms with van der Waals surface area (Å²) in [6.07, 6.45) is -20.3. The molecule has 1 aromatic carbocycles. The SMILES string of the molecule is [2H]c1c([2H])c(N2CCN(C([2H])CCCN(C([2H])([2H])[2H])S(=O)(=O)CC3([2H])C([2H])([2H])C([2H])([2H])C([2H])([2H])C([2H])([2H])C3([2H])[2H])CC2)c([2H])c(N([2H])C(C)=O)c1[2H]. The smallest absolute Gasteiger partial charge is 0.221 e. The van der Waals surface area contributed by atoms with Crippen molar-refractivity contribution in [2.24, 2.45) is 5.89 Å². The van der Waals surface area contributed by atoms with Crippen LogP contribution in [-0.2, 0) is 14.8 Å². The van der Waals surface area contributed by atoms with Gasteiger partial charge in [-0.15, -0.1) is 0 Å². The maximum Gasteiger partial charge on any atom is 0.221 e. The van der Waals surface area contributed by atoms with Crippen LogP contribution in [0.1, 0.15) is 77.7 Å². The zero-order chi connectivity index (χ0) is 40.6. The van der Waals surface area contributed by atoms with Crippen molar-refractivity contribution in [3.63, 3.8) is 0 Å². The lowest BCUT2D eigenvalue weighted by molar-refractivity contribution is -0.114. The monoisotopic (exact) mass is 484 g/mol. The Bertz CT molecular complexity index is 1620. The largest absolute Gasteiger partial charge is 0.369 e. The molecule has 2 fully saturated rings. The molecule has 1 aromatic rings. The fraction of sp³-hybridized carbons (Fsp3) is 0.708.